The van der Waals surface area contributed by atoms with Crippen molar-refractivity contribution in [3.63, 3.8) is 0 Å². The fraction of sp³-hybridized carbons (Fsp3) is 0.438. The van der Waals surface area contributed by atoms with Crippen molar-refractivity contribution in [1.29, 1.82) is 0 Å². The third-order valence-electron chi connectivity index (χ3n) is 3.40. The summed E-state index contributed by atoms with van der Waals surface area (Å²) in [6, 6.07) is 10.7. The van der Waals surface area contributed by atoms with Crippen molar-refractivity contribution in [1.82, 2.24) is 4.98 Å². The molecule has 0 aliphatic rings. The number of aromatic nitrogens is 1. The Morgan fingerprint density at radius 3 is 2.61 bits per heavy atom. The van der Waals surface area contributed by atoms with Crippen molar-refractivity contribution in [2.45, 2.75) is 44.9 Å². The van der Waals surface area contributed by atoms with Crippen LogP contribution in [0.5, 0.6) is 0 Å². The molecule has 2 heteroatoms. The van der Waals surface area contributed by atoms with Crippen LogP contribution in [0.4, 0.5) is 0 Å². The summed E-state index contributed by atoms with van der Waals surface area (Å²) < 4.78 is 0. The van der Waals surface area contributed by atoms with Gasteiger partial charge in [0.05, 0.1) is 5.52 Å². The van der Waals surface area contributed by atoms with Crippen LogP contribution in [0.15, 0.2) is 30.3 Å². The van der Waals surface area contributed by atoms with Crippen molar-refractivity contribution in [3.05, 3.63) is 41.6 Å². The SMILES string of the molecule is Cc1ccc2cc(C(C)(C)CC(C)Cl)ccc2n1. The first kappa shape index (κ1) is 13.4. The van der Waals surface area contributed by atoms with Crippen LogP contribution >= 0.6 is 11.6 Å². The quantitative estimate of drug-likeness (QED) is 0.721. The van der Waals surface area contributed by atoms with Gasteiger partial charge in [0, 0.05) is 16.5 Å². The van der Waals surface area contributed by atoms with Gasteiger partial charge in [0.1, 0.15) is 0 Å². The molecule has 0 aliphatic carbocycles. The standard InChI is InChI=1S/C16H20ClN/c1-11(17)10-16(3,4)14-7-8-15-13(9-14)6-5-12(2)18-15/h5-9,11H,10H2,1-4H3. The third kappa shape index (κ3) is 2.84. The monoisotopic (exact) mass is 261 g/mol. The van der Waals surface area contributed by atoms with E-state index < -0.39 is 0 Å². The highest BCUT2D eigenvalue weighted by Gasteiger charge is 2.22. The Labute approximate surface area is 114 Å². The number of benzene rings is 1. The second-order valence-corrected chi connectivity index (χ2v) is 6.47. The van der Waals surface area contributed by atoms with Crippen LogP contribution in [0.1, 0.15) is 38.4 Å². The van der Waals surface area contributed by atoms with E-state index >= 15 is 0 Å². The molecule has 96 valence electrons. The average Bonchev–Trinajstić information content (AvgIpc) is 2.26. The normalized spacial score (nSPS) is 13.8. The molecule has 1 aromatic heterocycles. The molecule has 1 unspecified atom stereocenters. The molecule has 2 rings (SSSR count). The van der Waals surface area contributed by atoms with E-state index in [9.17, 15) is 0 Å². The lowest BCUT2D eigenvalue weighted by atomic mass is 9.80. The van der Waals surface area contributed by atoms with Crippen LogP contribution in [0.3, 0.4) is 0 Å². The molecule has 0 saturated heterocycles. The molecule has 0 spiro atoms. The van der Waals surface area contributed by atoms with Gasteiger partial charge in [-0.15, -0.1) is 11.6 Å². The summed E-state index contributed by atoms with van der Waals surface area (Å²) in [5.74, 6) is 0. The van der Waals surface area contributed by atoms with Gasteiger partial charge >= 0.3 is 0 Å². The predicted octanol–water partition coefficient (Wildman–Crippen LogP) is 4.84. The Kier molecular flexibility index (Phi) is 3.63. The molecule has 1 heterocycles. The Balaban J connectivity index is 2.43. The summed E-state index contributed by atoms with van der Waals surface area (Å²) in [6.07, 6.45) is 0.972. The summed E-state index contributed by atoms with van der Waals surface area (Å²) in [7, 11) is 0. The van der Waals surface area contributed by atoms with E-state index in [0.29, 0.717) is 0 Å². The van der Waals surface area contributed by atoms with E-state index in [-0.39, 0.29) is 10.8 Å². The molecule has 18 heavy (non-hydrogen) atoms. The lowest BCUT2D eigenvalue weighted by Gasteiger charge is -2.26. The van der Waals surface area contributed by atoms with Crippen molar-refractivity contribution < 1.29 is 0 Å². The molecule has 1 aromatic carbocycles. The molecule has 1 nitrogen and oxygen atoms in total. The zero-order chi connectivity index (χ0) is 13.3. The second-order valence-electron chi connectivity index (χ2n) is 5.73. The van der Waals surface area contributed by atoms with Gasteiger partial charge in [-0.2, -0.15) is 0 Å². The topological polar surface area (TPSA) is 12.9 Å². The maximum atomic E-state index is 6.14. The van der Waals surface area contributed by atoms with Crippen molar-refractivity contribution in [2.24, 2.45) is 0 Å². The molecule has 0 aliphatic heterocycles. The van der Waals surface area contributed by atoms with E-state index in [1.54, 1.807) is 0 Å². The fourth-order valence-corrected chi connectivity index (χ4v) is 2.86. The molecular weight excluding hydrogens is 242 g/mol. The van der Waals surface area contributed by atoms with Crippen LogP contribution in [0.25, 0.3) is 10.9 Å². The fourth-order valence-electron chi connectivity index (χ4n) is 2.47. The Bertz CT molecular complexity index is 558. The van der Waals surface area contributed by atoms with E-state index in [0.717, 1.165) is 17.6 Å². The van der Waals surface area contributed by atoms with Crippen LogP contribution < -0.4 is 0 Å². The number of hydrogen-bond donors (Lipinski definition) is 0. The molecule has 0 bridgehead atoms. The van der Waals surface area contributed by atoms with Gasteiger partial charge in [0.25, 0.3) is 0 Å². The minimum absolute atomic E-state index is 0.0975. The number of nitrogens with zero attached hydrogens (tertiary/aromatic N) is 1. The molecule has 2 aromatic rings. The molecule has 1 atom stereocenters. The van der Waals surface area contributed by atoms with E-state index in [1.165, 1.54) is 10.9 Å². The predicted molar refractivity (Wildman–Crippen MR) is 79.4 cm³/mol. The molecule has 0 amide bonds. The number of hydrogen-bond acceptors (Lipinski definition) is 1. The first-order chi connectivity index (χ1) is 8.38. The van der Waals surface area contributed by atoms with Gasteiger partial charge in [-0.1, -0.05) is 26.0 Å². The highest BCUT2D eigenvalue weighted by atomic mass is 35.5. The zero-order valence-corrected chi connectivity index (χ0v) is 12.3. The van der Waals surface area contributed by atoms with E-state index in [1.807, 2.05) is 6.92 Å². The Hall–Kier alpha value is -1.08. The van der Waals surface area contributed by atoms with E-state index in [4.69, 9.17) is 11.6 Å². The maximum absolute atomic E-state index is 6.14. The number of alkyl halides is 1. The Morgan fingerprint density at radius 2 is 1.94 bits per heavy atom. The molecule has 0 fully saturated rings. The molecule has 0 N–H and O–H groups in total. The summed E-state index contributed by atoms with van der Waals surface area (Å²) in [5, 5.41) is 1.39. The summed E-state index contributed by atoms with van der Waals surface area (Å²) >= 11 is 6.14. The van der Waals surface area contributed by atoms with Gasteiger partial charge in [0.2, 0.25) is 0 Å². The van der Waals surface area contributed by atoms with Crippen LogP contribution in [-0.4, -0.2) is 10.4 Å². The van der Waals surface area contributed by atoms with Crippen LogP contribution in [0, 0.1) is 6.92 Å². The average molecular weight is 262 g/mol. The number of aryl methyl sites for hydroxylation is 1. The second kappa shape index (κ2) is 4.89. The van der Waals surface area contributed by atoms with Crippen molar-refractivity contribution in [3.8, 4) is 0 Å². The first-order valence-electron chi connectivity index (χ1n) is 6.40. The van der Waals surface area contributed by atoms with Gasteiger partial charge in [0.15, 0.2) is 0 Å². The lowest BCUT2D eigenvalue weighted by molar-refractivity contribution is 0.477. The summed E-state index contributed by atoms with van der Waals surface area (Å²) in [5.41, 5.74) is 3.55. The summed E-state index contributed by atoms with van der Waals surface area (Å²) in [4.78, 5) is 4.53. The molecule has 0 saturated carbocycles. The summed E-state index contributed by atoms with van der Waals surface area (Å²) in [6.45, 7) is 8.56. The third-order valence-corrected chi connectivity index (χ3v) is 3.56. The first-order valence-corrected chi connectivity index (χ1v) is 6.84. The molecule has 0 radical (unpaired) electrons. The zero-order valence-electron chi connectivity index (χ0n) is 11.5. The minimum atomic E-state index is 0.0975. The van der Waals surface area contributed by atoms with Gasteiger partial charge in [-0.05, 0) is 49.4 Å². The Morgan fingerprint density at radius 1 is 1.22 bits per heavy atom. The lowest BCUT2D eigenvalue weighted by Crippen LogP contribution is -2.20. The van der Waals surface area contributed by atoms with E-state index in [2.05, 4.69) is 56.1 Å². The van der Waals surface area contributed by atoms with Gasteiger partial charge < -0.3 is 0 Å². The van der Waals surface area contributed by atoms with Gasteiger partial charge in [-0.25, -0.2) is 0 Å². The number of rotatable bonds is 3. The van der Waals surface area contributed by atoms with Crippen LogP contribution in [0.2, 0.25) is 0 Å². The van der Waals surface area contributed by atoms with Gasteiger partial charge in [-0.3, -0.25) is 4.98 Å². The number of pyridine rings is 1. The highest BCUT2D eigenvalue weighted by Crippen LogP contribution is 2.31. The number of fused-ring (bicyclic) bond motifs is 1. The van der Waals surface area contributed by atoms with Crippen molar-refractivity contribution in [2.75, 3.05) is 0 Å². The minimum Gasteiger partial charge on any atom is -0.253 e. The van der Waals surface area contributed by atoms with Crippen LogP contribution in [-0.2, 0) is 5.41 Å². The maximum Gasteiger partial charge on any atom is 0.0705 e. The van der Waals surface area contributed by atoms with Crippen molar-refractivity contribution >= 4 is 22.5 Å². The largest absolute Gasteiger partial charge is 0.253 e. The number of halogens is 1. The smallest absolute Gasteiger partial charge is 0.0705 e. The molecular formula is C16H20ClN. The highest BCUT2D eigenvalue weighted by molar-refractivity contribution is 6.20.